The molecule has 1 saturated heterocycles. The molecule has 74 valence electrons. The lowest BCUT2D eigenvalue weighted by molar-refractivity contribution is 0.199. The van der Waals surface area contributed by atoms with E-state index in [1.807, 2.05) is 0 Å². The minimum Gasteiger partial charge on any atom is -0.299 e. The summed E-state index contributed by atoms with van der Waals surface area (Å²) in [7, 11) is 0. The van der Waals surface area contributed by atoms with Crippen molar-refractivity contribution >= 4 is 0 Å². The highest BCUT2D eigenvalue weighted by Crippen LogP contribution is 2.18. The third-order valence-electron chi connectivity index (χ3n) is 3.01. The molecule has 1 aliphatic rings. The van der Waals surface area contributed by atoms with Gasteiger partial charge in [0.1, 0.15) is 0 Å². The lowest BCUT2D eigenvalue weighted by Gasteiger charge is -2.28. The van der Waals surface area contributed by atoms with Crippen molar-refractivity contribution in [2.45, 2.75) is 51.5 Å². The van der Waals surface area contributed by atoms with Crippen LogP contribution in [0.4, 0.5) is 0 Å². The molecule has 1 aliphatic heterocycles. The van der Waals surface area contributed by atoms with Gasteiger partial charge in [0.05, 0.1) is 0 Å². The van der Waals surface area contributed by atoms with Gasteiger partial charge in [0.2, 0.25) is 0 Å². The second-order valence-corrected chi connectivity index (χ2v) is 3.90. The molecule has 0 N–H and O–H groups in total. The molecule has 13 heavy (non-hydrogen) atoms. The topological polar surface area (TPSA) is 3.24 Å². The average molecular weight is 179 g/mol. The maximum Gasteiger partial charge on any atom is 0.0214 e. The molecule has 1 heteroatoms. The minimum atomic E-state index is 0.802. The van der Waals surface area contributed by atoms with Crippen molar-refractivity contribution in [2.24, 2.45) is 0 Å². The number of terminal acetylenes is 1. The Labute approximate surface area is 82.5 Å². The largest absolute Gasteiger partial charge is 0.299 e. The molecule has 0 saturated carbocycles. The van der Waals surface area contributed by atoms with Crippen LogP contribution in [-0.2, 0) is 0 Å². The Balaban J connectivity index is 2.40. The van der Waals surface area contributed by atoms with Gasteiger partial charge < -0.3 is 0 Å². The fourth-order valence-corrected chi connectivity index (χ4v) is 2.20. The van der Waals surface area contributed by atoms with E-state index in [1.54, 1.807) is 0 Å². The highest BCUT2D eigenvalue weighted by atomic mass is 15.1. The first-order chi connectivity index (χ1) is 6.38. The van der Waals surface area contributed by atoms with Crippen LogP contribution < -0.4 is 0 Å². The fraction of sp³-hybridized carbons (Fsp3) is 0.833. The standard InChI is InChI=1S/C12H21N/c1-3-5-10-13-11-8-6-7-9-12(13)4-2/h1,12H,4-11H2,2H3. The first-order valence-electron chi connectivity index (χ1n) is 5.56. The predicted molar refractivity (Wildman–Crippen MR) is 57.6 cm³/mol. The molecule has 0 radical (unpaired) electrons. The number of nitrogens with zero attached hydrogens (tertiary/aromatic N) is 1. The van der Waals surface area contributed by atoms with Gasteiger partial charge in [-0.05, 0) is 25.8 Å². The van der Waals surface area contributed by atoms with Crippen molar-refractivity contribution in [3.8, 4) is 12.3 Å². The molecule has 0 aliphatic carbocycles. The van der Waals surface area contributed by atoms with E-state index in [0.717, 1.165) is 19.0 Å². The van der Waals surface area contributed by atoms with Crippen molar-refractivity contribution in [3.05, 3.63) is 0 Å². The first kappa shape index (κ1) is 10.6. The molecule has 0 aromatic heterocycles. The monoisotopic (exact) mass is 179 g/mol. The highest BCUT2D eigenvalue weighted by molar-refractivity contribution is 4.86. The Kier molecular flexibility index (Phi) is 4.93. The van der Waals surface area contributed by atoms with Crippen LogP contribution in [0.5, 0.6) is 0 Å². The summed E-state index contributed by atoms with van der Waals surface area (Å²) in [5, 5.41) is 0. The van der Waals surface area contributed by atoms with Crippen LogP contribution in [0.2, 0.25) is 0 Å². The summed E-state index contributed by atoms with van der Waals surface area (Å²) in [5.41, 5.74) is 0. The average Bonchev–Trinajstić information content (AvgIpc) is 2.39. The fourth-order valence-electron chi connectivity index (χ4n) is 2.20. The Bertz CT molecular complexity index is 168. The van der Waals surface area contributed by atoms with Gasteiger partial charge in [-0.3, -0.25) is 4.90 Å². The van der Waals surface area contributed by atoms with Crippen molar-refractivity contribution in [1.82, 2.24) is 4.90 Å². The van der Waals surface area contributed by atoms with Gasteiger partial charge in [-0.2, -0.15) is 0 Å². The zero-order valence-corrected chi connectivity index (χ0v) is 8.76. The molecule has 1 atom stereocenters. The lowest BCUT2D eigenvalue weighted by Crippen LogP contribution is -2.35. The quantitative estimate of drug-likeness (QED) is 0.602. The maximum atomic E-state index is 5.29. The molecule has 0 spiro atoms. The Morgan fingerprint density at radius 3 is 2.92 bits per heavy atom. The van der Waals surface area contributed by atoms with E-state index < -0.39 is 0 Å². The zero-order chi connectivity index (χ0) is 9.52. The normalized spacial score (nSPS) is 25.1. The third kappa shape index (κ3) is 3.40. The van der Waals surface area contributed by atoms with Crippen LogP contribution in [-0.4, -0.2) is 24.0 Å². The number of rotatable bonds is 3. The summed E-state index contributed by atoms with van der Waals surface area (Å²) in [6.07, 6.45) is 13.0. The van der Waals surface area contributed by atoms with Gasteiger partial charge in [0, 0.05) is 19.0 Å². The van der Waals surface area contributed by atoms with Crippen molar-refractivity contribution in [3.63, 3.8) is 0 Å². The summed E-state index contributed by atoms with van der Waals surface area (Å²) < 4.78 is 0. The Hall–Kier alpha value is -0.480. The van der Waals surface area contributed by atoms with Crippen LogP contribution >= 0.6 is 0 Å². The van der Waals surface area contributed by atoms with E-state index in [9.17, 15) is 0 Å². The second kappa shape index (κ2) is 6.05. The van der Waals surface area contributed by atoms with Gasteiger partial charge in [0.25, 0.3) is 0 Å². The van der Waals surface area contributed by atoms with Crippen LogP contribution in [0.1, 0.15) is 45.4 Å². The van der Waals surface area contributed by atoms with E-state index in [2.05, 4.69) is 17.7 Å². The molecule has 0 bridgehead atoms. The summed E-state index contributed by atoms with van der Waals surface area (Å²) >= 11 is 0. The number of likely N-dealkylation sites (tertiary alicyclic amines) is 1. The highest BCUT2D eigenvalue weighted by Gasteiger charge is 2.17. The Morgan fingerprint density at radius 1 is 1.38 bits per heavy atom. The van der Waals surface area contributed by atoms with E-state index >= 15 is 0 Å². The lowest BCUT2D eigenvalue weighted by atomic mass is 10.1. The van der Waals surface area contributed by atoms with Crippen LogP contribution in [0.3, 0.4) is 0 Å². The van der Waals surface area contributed by atoms with E-state index in [0.29, 0.717) is 0 Å². The van der Waals surface area contributed by atoms with Gasteiger partial charge in [0.15, 0.2) is 0 Å². The smallest absolute Gasteiger partial charge is 0.0214 e. The SMILES string of the molecule is C#CCCN1CCCCCC1CC. The maximum absolute atomic E-state index is 5.29. The molecular weight excluding hydrogens is 158 g/mol. The molecule has 0 aromatic rings. The number of hydrogen-bond donors (Lipinski definition) is 0. The molecule has 1 fully saturated rings. The van der Waals surface area contributed by atoms with Crippen LogP contribution in [0, 0.1) is 12.3 Å². The predicted octanol–water partition coefficient (Wildman–Crippen LogP) is 2.66. The van der Waals surface area contributed by atoms with Crippen molar-refractivity contribution < 1.29 is 0 Å². The third-order valence-corrected chi connectivity index (χ3v) is 3.01. The van der Waals surface area contributed by atoms with E-state index in [4.69, 9.17) is 6.42 Å². The summed E-state index contributed by atoms with van der Waals surface area (Å²) in [4.78, 5) is 2.59. The zero-order valence-electron chi connectivity index (χ0n) is 8.76. The first-order valence-corrected chi connectivity index (χ1v) is 5.56. The van der Waals surface area contributed by atoms with Crippen LogP contribution in [0.15, 0.2) is 0 Å². The molecule has 1 unspecified atom stereocenters. The van der Waals surface area contributed by atoms with Gasteiger partial charge in [-0.15, -0.1) is 12.3 Å². The van der Waals surface area contributed by atoms with Gasteiger partial charge in [-0.25, -0.2) is 0 Å². The molecular formula is C12H21N. The Morgan fingerprint density at radius 2 is 2.23 bits per heavy atom. The summed E-state index contributed by atoms with van der Waals surface area (Å²) in [5.74, 6) is 2.74. The van der Waals surface area contributed by atoms with E-state index in [1.165, 1.54) is 38.6 Å². The van der Waals surface area contributed by atoms with Crippen LogP contribution in [0.25, 0.3) is 0 Å². The van der Waals surface area contributed by atoms with E-state index in [-0.39, 0.29) is 0 Å². The summed E-state index contributed by atoms with van der Waals surface area (Å²) in [6.45, 7) is 4.66. The molecule has 0 aromatic carbocycles. The molecule has 0 amide bonds. The molecule has 1 heterocycles. The minimum absolute atomic E-state index is 0.802. The molecule has 1 rings (SSSR count). The second-order valence-electron chi connectivity index (χ2n) is 3.90. The summed E-state index contributed by atoms with van der Waals surface area (Å²) in [6, 6.07) is 0.802. The van der Waals surface area contributed by atoms with Crippen molar-refractivity contribution in [2.75, 3.05) is 13.1 Å². The van der Waals surface area contributed by atoms with Gasteiger partial charge >= 0.3 is 0 Å². The van der Waals surface area contributed by atoms with Crippen molar-refractivity contribution in [1.29, 1.82) is 0 Å². The number of hydrogen-bond acceptors (Lipinski definition) is 1. The van der Waals surface area contributed by atoms with Gasteiger partial charge in [-0.1, -0.05) is 19.8 Å². The molecule has 1 nitrogen and oxygen atoms in total.